The van der Waals surface area contributed by atoms with Crippen molar-refractivity contribution in [3.8, 4) is 0 Å². The van der Waals surface area contributed by atoms with E-state index in [2.05, 4.69) is 11.9 Å². The van der Waals surface area contributed by atoms with Crippen LogP contribution in [0.25, 0.3) is 0 Å². The highest BCUT2D eigenvalue weighted by atomic mass is 16.7. The van der Waals surface area contributed by atoms with Crippen LogP contribution in [-0.4, -0.2) is 24.6 Å². The molecule has 1 unspecified atom stereocenters. The largest absolute Gasteiger partial charge is 0.447 e. The first-order valence-corrected chi connectivity index (χ1v) is 6.05. The van der Waals surface area contributed by atoms with Gasteiger partial charge in [0.05, 0.1) is 0 Å². The van der Waals surface area contributed by atoms with Gasteiger partial charge in [0.2, 0.25) is 5.72 Å². The molecule has 1 aliphatic carbocycles. The van der Waals surface area contributed by atoms with Crippen molar-refractivity contribution in [2.24, 2.45) is 0 Å². The number of esters is 2. The van der Waals surface area contributed by atoms with E-state index in [4.69, 9.17) is 9.47 Å². The maximum atomic E-state index is 11.6. The fourth-order valence-electron chi connectivity index (χ4n) is 2.66. The molecule has 2 aliphatic rings. The van der Waals surface area contributed by atoms with Crippen LogP contribution in [-0.2, 0) is 31.2 Å². The van der Waals surface area contributed by atoms with Crippen molar-refractivity contribution in [3.63, 3.8) is 0 Å². The SMILES string of the molecule is C=CCN[C@]12OC(=O)C(=O)OC1Cc1ccccc12. The molecule has 98 valence electrons. The Hall–Kier alpha value is -2.14. The Bertz CT molecular complexity index is 568. The number of fused-ring (bicyclic) bond motifs is 3. The van der Waals surface area contributed by atoms with Gasteiger partial charge in [-0.15, -0.1) is 6.58 Å². The number of hydrogen-bond donors (Lipinski definition) is 1. The molecule has 0 spiro atoms. The quantitative estimate of drug-likeness (QED) is 0.490. The zero-order chi connectivity index (χ0) is 13.5. The third-order valence-electron chi connectivity index (χ3n) is 3.45. The number of carbonyl (C=O) groups is 2. The second kappa shape index (κ2) is 4.20. The fraction of sp³-hybridized carbons (Fsp3) is 0.286. The van der Waals surface area contributed by atoms with Crippen molar-refractivity contribution in [1.82, 2.24) is 5.32 Å². The molecule has 1 heterocycles. The molecule has 19 heavy (non-hydrogen) atoms. The zero-order valence-electron chi connectivity index (χ0n) is 10.2. The molecular weight excluding hydrogens is 246 g/mol. The second-order valence-electron chi connectivity index (χ2n) is 4.55. The third kappa shape index (κ3) is 1.66. The summed E-state index contributed by atoms with van der Waals surface area (Å²) in [6.45, 7) is 4.08. The van der Waals surface area contributed by atoms with Crippen LogP contribution in [0.2, 0.25) is 0 Å². The molecule has 1 fully saturated rings. The molecule has 1 aliphatic heterocycles. The monoisotopic (exact) mass is 259 g/mol. The van der Waals surface area contributed by atoms with E-state index in [1.54, 1.807) is 6.08 Å². The summed E-state index contributed by atoms with van der Waals surface area (Å²) in [6, 6.07) is 7.58. The minimum absolute atomic E-state index is 0.440. The molecule has 1 saturated heterocycles. The molecule has 5 heteroatoms. The highest BCUT2D eigenvalue weighted by molar-refractivity contribution is 6.30. The molecule has 1 N–H and O–H groups in total. The van der Waals surface area contributed by atoms with Gasteiger partial charge in [0.1, 0.15) is 0 Å². The lowest BCUT2D eigenvalue weighted by Gasteiger charge is -2.38. The summed E-state index contributed by atoms with van der Waals surface area (Å²) in [6.07, 6.45) is 1.66. The van der Waals surface area contributed by atoms with E-state index in [1.165, 1.54) is 0 Å². The average molecular weight is 259 g/mol. The van der Waals surface area contributed by atoms with Crippen LogP contribution in [0.15, 0.2) is 36.9 Å². The lowest BCUT2D eigenvalue weighted by atomic mass is 10.0. The third-order valence-corrected chi connectivity index (χ3v) is 3.45. The molecule has 0 radical (unpaired) electrons. The number of hydrogen-bond acceptors (Lipinski definition) is 5. The van der Waals surface area contributed by atoms with Crippen molar-refractivity contribution in [2.75, 3.05) is 6.54 Å². The number of carbonyl (C=O) groups excluding carboxylic acids is 2. The van der Waals surface area contributed by atoms with E-state index < -0.39 is 23.8 Å². The van der Waals surface area contributed by atoms with E-state index >= 15 is 0 Å². The highest BCUT2D eigenvalue weighted by Gasteiger charge is 2.56. The number of benzene rings is 1. The molecule has 3 rings (SSSR count). The number of rotatable bonds is 3. The van der Waals surface area contributed by atoms with E-state index in [0.29, 0.717) is 13.0 Å². The predicted molar refractivity (Wildman–Crippen MR) is 66.0 cm³/mol. The minimum atomic E-state index is -1.09. The van der Waals surface area contributed by atoms with Crippen LogP contribution in [0.1, 0.15) is 11.1 Å². The van der Waals surface area contributed by atoms with Gasteiger partial charge >= 0.3 is 11.9 Å². The fourth-order valence-corrected chi connectivity index (χ4v) is 2.66. The summed E-state index contributed by atoms with van der Waals surface area (Å²) in [7, 11) is 0. The topological polar surface area (TPSA) is 64.6 Å². The van der Waals surface area contributed by atoms with Crippen LogP contribution in [0, 0.1) is 0 Å². The van der Waals surface area contributed by atoms with Crippen LogP contribution in [0.3, 0.4) is 0 Å². The minimum Gasteiger partial charge on any atom is -0.447 e. The Kier molecular flexibility index (Phi) is 2.64. The van der Waals surface area contributed by atoms with Crippen molar-refractivity contribution in [1.29, 1.82) is 0 Å². The molecule has 0 amide bonds. The van der Waals surface area contributed by atoms with E-state index in [-0.39, 0.29) is 0 Å². The molecular formula is C14H13NO4. The first-order chi connectivity index (χ1) is 9.17. The van der Waals surface area contributed by atoms with Crippen molar-refractivity contribution < 1.29 is 19.1 Å². The molecule has 1 aromatic carbocycles. The summed E-state index contributed by atoms with van der Waals surface area (Å²) in [5, 5.41) is 3.12. The van der Waals surface area contributed by atoms with Crippen LogP contribution < -0.4 is 5.32 Å². The normalized spacial score (nSPS) is 28.1. The standard InChI is InChI=1S/C14H13NO4/c1-2-7-15-14-10-6-4-3-5-9(10)8-11(14)18-12(16)13(17)19-14/h2-6,11,15H,1,7-8H2/t11?,14-/m1/s1. The Morgan fingerprint density at radius 2 is 2.16 bits per heavy atom. The van der Waals surface area contributed by atoms with E-state index in [9.17, 15) is 9.59 Å². The van der Waals surface area contributed by atoms with Crippen LogP contribution in [0.5, 0.6) is 0 Å². The van der Waals surface area contributed by atoms with Crippen molar-refractivity contribution in [3.05, 3.63) is 48.0 Å². The first-order valence-electron chi connectivity index (χ1n) is 6.05. The van der Waals surface area contributed by atoms with Gasteiger partial charge in [-0.2, -0.15) is 0 Å². The Morgan fingerprint density at radius 1 is 1.37 bits per heavy atom. The summed E-state index contributed by atoms with van der Waals surface area (Å²) in [4.78, 5) is 22.9. The lowest BCUT2D eigenvalue weighted by Crippen LogP contribution is -2.58. The molecule has 0 bridgehead atoms. The summed E-state index contributed by atoms with van der Waals surface area (Å²) >= 11 is 0. The van der Waals surface area contributed by atoms with Gasteiger partial charge in [0.15, 0.2) is 6.10 Å². The van der Waals surface area contributed by atoms with E-state index in [0.717, 1.165) is 11.1 Å². The zero-order valence-corrected chi connectivity index (χ0v) is 10.2. The first kappa shape index (κ1) is 11.9. The van der Waals surface area contributed by atoms with E-state index in [1.807, 2.05) is 24.3 Å². The van der Waals surface area contributed by atoms with Crippen LogP contribution >= 0.6 is 0 Å². The summed E-state index contributed by atoms with van der Waals surface area (Å²) in [5.74, 6) is -1.90. The highest BCUT2D eigenvalue weighted by Crippen LogP contribution is 2.42. The van der Waals surface area contributed by atoms with Gasteiger partial charge in [-0.05, 0) is 5.56 Å². The Labute approximate surface area is 110 Å². The number of nitrogens with one attached hydrogen (secondary N) is 1. The van der Waals surface area contributed by atoms with Gasteiger partial charge < -0.3 is 9.47 Å². The maximum absolute atomic E-state index is 11.6. The molecule has 0 aromatic heterocycles. The van der Waals surface area contributed by atoms with Gasteiger partial charge in [-0.25, -0.2) is 9.59 Å². The summed E-state index contributed by atoms with van der Waals surface area (Å²) in [5.41, 5.74) is 0.754. The smallest absolute Gasteiger partial charge is 0.419 e. The van der Waals surface area contributed by atoms with Crippen molar-refractivity contribution in [2.45, 2.75) is 18.2 Å². The average Bonchev–Trinajstić information content (AvgIpc) is 2.71. The molecule has 1 aromatic rings. The molecule has 0 saturated carbocycles. The number of ether oxygens (including phenoxy) is 2. The Balaban J connectivity index is 2.07. The van der Waals surface area contributed by atoms with Gasteiger partial charge in [-0.1, -0.05) is 30.3 Å². The van der Waals surface area contributed by atoms with Gasteiger partial charge in [0.25, 0.3) is 0 Å². The van der Waals surface area contributed by atoms with Gasteiger partial charge in [-0.3, -0.25) is 5.32 Å². The maximum Gasteiger partial charge on any atom is 0.419 e. The Morgan fingerprint density at radius 3 is 2.95 bits per heavy atom. The molecule has 5 nitrogen and oxygen atoms in total. The lowest BCUT2D eigenvalue weighted by molar-refractivity contribution is -0.219. The second-order valence-corrected chi connectivity index (χ2v) is 4.55. The predicted octanol–water partition coefficient (Wildman–Crippen LogP) is 0.640. The van der Waals surface area contributed by atoms with Gasteiger partial charge in [0, 0.05) is 18.5 Å². The van der Waals surface area contributed by atoms with Crippen LogP contribution in [0.4, 0.5) is 0 Å². The molecule has 2 atom stereocenters. The van der Waals surface area contributed by atoms with Crippen molar-refractivity contribution >= 4 is 11.9 Å². The summed E-state index contributed by atoms with van der Waals surface area (Å²) < 4.78 is 10.6.